The van der Waals surface area contributed by atoms with Crippen LogP contribution < -0.4 is 0 Å². The van der Waals surface area contributed by atoms with Gasteiger partial charge in [0.2, 0.25) is 0 Å². The van der Waals surface area contributed by atoms with E-state index >= 15 is 0 Å². The molecule has 0 unspecified atom stereocenters. The van der Waals surface area contributed by atoms with Crippen LogP contribution in [0.2, 0.25) is 0 Å². The van der Waals surface area contributed by atoms with Gasteiger partial charge in [-0.25, -0.2) is 0 Å². The van der Waals surface area contributed by atoms with Crippen LogP contribution in [0.3, 0.4) is 0 Å². The maximum Gasteiger partial charge on any atom is 0.303 e. The van der Waals surface area contributed by atoms with E-state index in [0.717, 1.165) is 57.8 Å². The first-order valence-electron chi connectivity index (χ1n) is 10.2. The highest BCUT2D eigenvalue weighted by Crippen LogP contribution is 2.07. The fourth-order valence-electron chi connectivity index (χ4n) is 2.44. The molecule has 1 N–H and O–H groups in total. The third-order valence-corrected chi connectivity index (χ3v) is 3.92. The number of rotatable bonds is 17. The molecule has 0 heterocycles. The van der Waals surface area contributed by atoms with Gasteiger partial charge in [0.15, 0.2) is 0 Å². The van der Waals surface area contributed by atoms with Gasteiger partial charge in [0.1, 0.15) is 0 Å². The van der Waals surface area contributed by atoms with Gasteiger partial charge in [-0.15, -0.1) is 0 Å². The molecule has 0 amide bonds. The number of hydrogen-bond donors (Lipinski definition) is 1. The van der Waals surface area contributed by atoms with Crippen molar-refractivity contribution in [2.24, 2.45) is 0 Å². The summed E-state index contributed by atoms with van der Waals surface area (Å²) in [6.45, 7) is 2.15. The van der Waals surface area contributed by atoms with Gasteiger partial charge in [0, 0.05) is 6.42 Å². The minimum Gasteiger partial charge on any atom is -0.481 e. The standard InChI is InChI=1S/C24H38O2/c1-2-3-4-5-6-7-8-9-10-11-12-13-14-15-16-17-18-19-20-21-22-23-24(25)26/h3-4,6-7,9-10,12-13,15-16H,2,5,8,11,14,17-23H2,1H3,(H,25,26)/b4-3-,7-6-,10-9-,13-12-,16-15-. The lowest BCUT2D eigenvalue weighted by atomic mass is 10.1. The van der Waals surface area contributed by atoms with Crippen molar-refractivity contribution in [1.29, 1.82) is 0 Å². The van der Waals surface area contributed by atoms with Crippen LogP contribution in [-0.4, -0.2) is 11.1 Å². The van der Waals surface area contributed by atoms with Crippen molar-refractivity contribution in [3.05, 3.63) is 60.8 Å². The summed E-state index contributed by atoms with van der Waals surface area (Å²) in [5, 5.41) is 8.55. The summed E-state index contributed by atoms with van der Waals surface area (Å²) in [4.78, 5) is 10.4. The molecule has 0 bridgehead atoms. The van der Waals surface area contributed by atoms with Crippen LogP contribution in [-0.2, 0) is 4.79 Å². The normalized spacial score (nSPS) is 12.7. The number of allylic oxidation sites excluding steroid dienone is 10. The van der Waals surface area contributed by atoms with E-state index in [0.29, 0.717) is 6.42 Å². The van der Waals surface area contributed by atoms with Crippen LogP contribution >= 0.6 is 0 Å². The molecule has 0 aromatic carbocycles. The molecule has 0 fully saturated rings. The topological polar surface area (TPSA) is 37.3 Å². The van der Waals surface area contributed by atoms with E-state index in [1.165, 1.54) is 12.8 Å². The van der Waals surface area contributed by atoms with Crippen molar-refractivity contribution in [2.75, 3.05) is 0 Å². The molecule has 26 heavy (non-hydrogen) atoms. The summed E-state index contributed by atoms with van der Waals surface area (Å²) in [6.07, 6.45) is 34.3. The van der Waals surface area contributed by atoms with Gasteiger partial charge < -0.3 is 5.11 Å². The third-order valence-electron chi connectivity index (χ3n) is 3.92. The van der Waals surface area contributed by atoms with Gasteiger partial charge >= 0.3 is 5.97 Å². The Morgan fingerprint density at radius 2 is 1.04 bits per heavy atom. The van der Waals surface area contributed by atoms with Crippen LogP contribution in [0.25, 0.3) is 0 Å². The molecule has 0 aliphatic rings. The molecule has 0 aliphatic carbocycles. The summed E-state index contributed by atoms with van der Waals surface area (Å²) < 4.78 is 0. The molecule has 0 spiro atoms. The summed E-state index contributed by atoms with van der Waals surface area (Å²) in [7, 11) is 0. The summed E-state index contributed by atoms with van der Waals surface area (Å²) in [5.41, 5.74) is 0. The molecule has 2 nitrogen and oxygen atoms in total. The quantitative estimate of drug-likeness (QED) is 0.215. The maximum atomic E-state index is 10.4. The Labute approximate surface area is 161 Å². The molecule has 0 saturated carbocycles. The fraction of sp³-hybridized carbons (Fsp3) is 0.542. The van der Waals surface area contributed by atoms with Gasteiger partial charge in [-0.2, -0.15) is 0 Å². The average Bonchev–Trinajstić information content (AvgIpc) is 2.62. The number of carboxylic acid groups (broad SMARTS) is 1. The second kappa shape index (κ2) is 21.2. The van der Waals surface area contributed by atoms with E-state index in [9.17, 15) is 4.79 Å². The molecule has 0 aliphatic heterocycles. The van der Waals surface area contributed by atoms with Crippen LogP contribution in [0.15, 0.2) is 60.8 Å². The summed E-state index contributed by atoms with van der Waals surface area (Å²) in [5.74, 6) is -0.677. The van der Waals surface area contributed by atoms with E-state index in [1.807, 2.05) is 0 Å². The zero-order valence-electron chi connectivity index (χ0n) is 16.6. The highest BCUT2D eigenvalue weighted by molar-refractivity contribution is 5.66. The minimum atomic E-state index is -0.677. The fourth-order valence-corrected chi connectivity index (χ4v) is 2.44. The Morgan fingerprint density at radius 1 is 0.615 bits per heavy atom. The first-order valence-corrected chi connectivity index (χ1v) is 10.2. The van der Waals surface area contributed by atoms with E-state index in [2.05, 4.69) is 67.7 Å². The molecule has 2 heteroatoms. The lowest BCUT2D eigenvalue weighted by Crippen LogP contribution is -1.93. The first kappa shape index (κ1) is 24.2. The van der Waals surface area contributed by atoms with Gasteiger partial charge in [0.25, 0.3) is 0 Å². The Hall–Kier alpha value is -1.83. The zero-order chi connectivity index (χ0) is 19.1. The monoisotopic (exact) mass is 358 g/mol. The van der Waals surface area contributed by atoms with E-state index in [4.69, 9.17) is 5.11 Å². The number of hydrogen-bond acceptors (Lipinski definition) is 1. The van der Waals surface area contributed by atoms with Crippen molar-refractivity contribution in [3.63, 3.8) is 0 Å². The molecular weight excluding hydrogens is 320 g/mol. The second-order valence-electron chi connectivity index (χ2n) is 6.41. The predicted octanol–water partition coefficient (Wildman–Crippen LogP) is 7.55. The molecule has 0 aromatic heterocycles. The highest BCUT2D eigenvalue weighted by Gasteiger charge is 1.95. The molecule has 0 atom stereocenters. The lowest BCUT2D eigenvalue weighted by molar-refractivity contribution is -0.137. The zero-order valence-corrected chi connectivity index (χ0v) is 16.6. The second-order valence-corrected chi connectivity index (χ2v) is 6.41. The average molecular weight is 359 g/mol. The van der Waals surface area contributed by atoms with Gasteiger partial charge in [-0.3, -0.25) is 4.79 Å². The third kappa shape index (κ3) is 22.2. The minimum absolute atomic E-state index is 0.314. The van der Waals surface area contributed by atoms with Crippen molar-refractivity contribution in [1.82, 2.24) is 0 Å². The smallest absolute Gasteiger partial charge is 0.303 e. The number of unbranched alkanes of at least 4 members (excludes halogenated alkanes) is 5. The van der Waals surface area contributed by atoms with Crippen molar-refractivity contribution >= 4 is 5.97 Å². The predicted molar refractivity (Wildman–Crippen MR) is 114 cm³/mol. The molecular formula is C24H38O2. The Bertz CT molecular complexity index is 453. The van der Waals surface area contributed by atoms with Crippen LogP contribution in [0, 0.1) is 0 Å². The highest BCUT2D eigenvalue weighted by atomic mass is 16.4. The molecule has 0 aromatic rings. The number of carboxylic acids is 1. The van der Waals surface area contributed by atoms with Gasteiger partial charge in [-0.05, 0) is 51.4 Å². The SMILES string of the molecule is CC/C=C\C/C=C\C/C=C\C/C=C\C/C=C\CCCCCCCC(=O)O. The molecule has 0 rings (SSSR count). The Morgan fingerprint density at radius 3 is 1.54 bits per heavy atom. The van der Waals surface area contributed by atoms with Crippen LogP contribution in [0.4, 0.5) is 0 Å². The Balaban J connectivity index is 3.38. The van der Waals surface area contributed by atoms with Crippen molar-refractivity contribution in [3.8, 4) is 0 Å². The van der Waals surface area contributed by atoms with Crippen LogP contribution in [0.1, 0.15) is 84.0 Å². The summed E-state index contributed by atoms with van der Waals surface area (Å²) in [6, 6.07) is 0. The largest absolute Gasteiger partial charge is 0.481 e. The van der Waals surface area contributed by atoms with Crippen molar-refractivity contribution < 1.29 is 9.90 Å². The van der Waals surface area contributed by atoms with E-state index < -0.39 is 5.97 Å². The van der Waals surface area contributed by atoms with Gasteiger partial charge in [0.05, 0.1) is 0 Å². The van der Waals surface area contributed by atoms with Gasteiger partial charge in [-0.1, -0.05) is 86.9 Å². The number of carbonyl (C=O) groups is 1. The Kier molecular flexibility index (Phi) is 19.7. The van der Waals surface area contributed by atoms with E-state index in [-0.39, 0.29) is 0 Å². The lowest BCUT2D eigenvalue weighted by Gasteiger charge is -1.98. The van der Waals surface area contributed by atoms with E-state index in [1.54, 1.807) is 0 Å². The summed E-state index contributed by atoms with van der Waals surface area (Å²) >= 11 is 0. The molecule has 0 saturated heterocycles. The molecule has 0 radical (unpaired) electrons. The molecule has 146 valence electrons. The maximum absolute atomic E-state index is 10.4. The first-order chi connectivity index (χ1) is 12.8. The van der Waals surface area contributed by atoms with Crippen LogP contribution in [0.5, 0.6) is 0 Å². The number of aliphatic carboxylic acids is 1. The van der Waals surface area contributed by atoms with Crippen molar-refractivity contribution in [2.45, 2.75) is 84.0 Å².